The number of carbonyl (C=O) groups excluding carboxylic acids is 1. The number of carbonyl (C=O) groups is 1. The van der Waals surface area contributed by atoms with E-state index in [9.17, 15) is 4.79 Å². The molecule has 1 N–H and O–H groups in total. The van der Waals surface area contributed by atoms with Crippen LogP contribution in [0.25, 0.3) is 0 Å². The molecule has 1 fully saturated rings. The maximum atomic E-state index is 12.0. The summed E-state index contributed by atoms with van der Waals surface area (Å²) in [4.78, 5) is 12.0. The first kappa shape index (κ1) is 15.5. The third-order valence-corrected chi connectivity index (χ3v) is 3.96. The highest BCUT2D eigenvalue weighted by molar-refractivity contribution is 5.93. The Morgan fingerprint density at radius 1 is 1.33 bits per heavy atom. The van der Waals surface area contributed by atoms with Crippen LogP contribution >= 0.6 is 0 Å². The second-order valence-corrected chi connectivity index (χ2v) is 5.66. The molecule has 1 saturated carbocycles. The summed E-state index contributed by atoms with van der Waals surface area (Å²) in [5.41, 5.74) is 1.27. The lowest BCUT2D eigenvalue weighted by molar-refractivity contribution is -0.127. The molecule has 0 radical (unpaired) electrons. The largest absolute Gasteiger partial charge is 0.368 e. The van der Waals surface area contributed by atoms with Crippen molar-refractivity contribution in [2.24, 2.45) is 5.92 Å². The standard InChI is InChI=1S/C17H22N2O2/c1-13(21-12-15-5-3-2-4-6-15)17(20)19-16-9-7-14(11-18)8-10-16/h7-10,13,15H,2-6,12H2,1H3,(H,19,20). The molecule has 0 aliphatic heterocycles. The van der Waals surface area contributed by atoms with Gasteiger partial charge in [0.05, 0.1) is 18.2 Å². The van der Waals surface area contributed by atoms with Gasteiger partial charge in [-0.2, -0.15) is 5.26 Å². The van der Waals surface area contributed by atoms with Gasteiger partial charge in [0.25, 0.3) is 5.91 Å². The fourth-order valence-electron chi connectivity index (χ4n) is 2.58. The molecular weight excluding hydrogens is 264 g/mol. The lowest BCUT2D eigenvalue weighted by atomic mass is 9.90. The Labute approximate surface area is 126 Å². The second kappa shape index (κ2) is 7.80. The van der Waals surface area contributed by atoms with Gasteiger partial charge in [-0.1, -0.05) is 19.3 Å². The number of anilines is 1. The molecule has 112 valence electrons. The fraction of sp³-hybridized carbons (Fsp3) is 0.529. The normalized spacial score (nSPS) is 17.0. The van der Waals surface area contributed by atoms with Crippen LogP contribution in [0.15, 0.2) is 24.3 Å². The highest BCUT2D eigenvalue weighted by atomic mass is 16.5. The fourth-order valence-corrected chi connectivity index (χ4v) is 2.58. The summed E-state index contributed by atoms with van der Waals surface area (Å²) in [6.45, 7) is 2.45. The first-order valence-corrected chi connectivity index (χ1v) is 7.61. The molecular formula is C17H22N2O2. The molecule has 4 nitrogen and oxygen atoms in total. The van der Waals surface area contributed by atoms with Crippen molar-refractivity contribution in [2.45, 2.75) is 45.1 Å². The number of nitrogens with zero attached hydrogens (tertiary/aromatic N) is 1. The van der Waals surface area contributed by atoms with Crippen molar-refractivity contribution in [3.63, 3.8) is 0 Å². The third kappa shape index (κ3) is 4.87. The Kier molecular flexibility index (Phi) is 5.77. The van der Waals surface area contributed by atoms with E-state index >= 15 is 0 Å². The van der Waals surface area contributed by atoms with Gasteiger partial charge in [-0.15, -0.1) is 0 Å². The van der Waals surface area contributed by atoms with Crippen molar-refractivity contribution >= 4 is 11.6 Å². The quantitative estimate of drug-likeness (QED) is 0.901. The van der Waals surface area contributed by atoms with E-state index in [1.165, 1.54) is 32.1 Å². The highest BCUT2D eigenvalue weighted by Gasteiger charge is 2.18. The molecule has 2 rings (SSSR count). The zero-order valence-corrected chi connectivity index (χ0v) is 12.5. The lowest BCUT2D eigenvalue weighted by Crippen LogP contribution is -2.29. The number of amides is 1. The summed E-state index contributed by atoms with van der Waals surface area (Å²) in [5.74, 6) is 0.458. The SMILES string of the molecule is CC(OCC1CCCCC1)C(=O)Nc1ccc(C#N)cc1. The number of ether oxygens (including phenoxy) is 1. The molecule has 1 unspecified atom stereocenters. The molecule has 1 atom stereocenters. The van der Waals surface area contributed by atoms with E-state index in [0.717, 1.165) is 0 Å². The van der Waals surface area contributed by atoms with Crippen molar-refractivity contribution in [1.29, 1.82) is 5.26 Å². The van der Waals surface area contributed by atoms with Crippen LogP contribution in [0, 0.1) is 17.2 Å². The van der Waals surface area contributed by atoms with Crippen LogP contribution in [-0.2, 0) is 9.53 Å². The summed E-state index contributed by atoms with van der Waals surface area (Å²) in [7, 11) is 0. The molecule has 0 bridgehead atoms. The van der Waals surface area contributed by atoms with Gasteiger partial charge in [0.1, 0.15) is 6.10 Å². The molecule has 1 amide bonds. The van der Waals surface area contributed by atoms with Crippen LogP contribution in [-0.4, -0.2) is 18.6 Å². The van der Waals surface area contributed by atoms with E-state index < -0.39 is 6.10 Å². The summed E-state index contributed by atoms with van der Waals surface area (Å²) >= 11 is 0. The van der Waals surface area contributed by atoms with Gasteiger partial charge in [-0.05, 0) is 49.9 Å². The van der Waals surface area contributed by atoms with Crippen LogP contribution < -0.4 is 5.32 Å². The zero-order valence-electron chi connectivity index (χ0n) is 12.5. The van der Waals surface area contributed by atoms with Crippen LogP contribution in [0.3, 0.4) is 0 Å². The molecule has 0 aromatic heterocycles. The van der Waals surface area contributed by atoms with Crippen LogP contribution in [0.2, 0.25) is 0 Å². The molecule has 1 aliphatic rings. The molecule has 4 heteroatoms. The summed E-state index contributed by atoms with van der Waals surface area (Å²) in [6, 6.07) is 8.87. The van der Waals surface area contributed by atoms with E-state index in [1.54, 1.807) is 31.2 Å². The Morgan fingerprint density at radius 2 is 2.00 bits per heavy atom. The summed E-state index contributed by atoms with van der Waals surface area (Å²) in [6.07, 6.45) is 5.85. The number of rotatable bonds is 5. The zero-order chi connectivity index (χ0) is 15.1. The van der Waals surface area contributed by atoms with Gasteiger partial charge in [-0.3, -0.25) is 4.79 Å². The van der Waals surface area contributed by atoms with Crippen LogP contribution in [0.1, 0.15) is 44.6 Å². The first-order valence-electron chi connectivity index (χ1n) is 7.61. The van der Waals surface area contributed by atoms with Gasteiger partial charge in [-0.25, -0.2) is 0 Å². The van der Waals surface area contributed by atoms with Gasteiger partial charge in [0, 0.05) is 5.69 Å². The van der Waals surface area contributed by atoms with Crippen LogP contribution in [0.5, 0.6) is 0 Å². The van der Waals surface area contributed by atoms with E-state index in [4.69, 9.17) is 10.00 Å². The minimum Gasteiger partial charge on any atom is -0.368 e. The van der Waals surface area contributed by atoms with Crippen molar-refractivity contribution in [3.05, 3.63) is 29.8 Å². The monoisotopic (exact) mass is 286 g/mol. The number of hydrogen-bond acceptors (Lipinski definition) is 3. The van der Waals surface area contributed by atoms with Crippen molar-refractivity contribution in [3.8, 4) is 6.07 Å². The Balaban J connectivity index is 1.77. The van der Waals surface area contributed by atoms with Crippen molar-refractivity contribution in [2.75, 3.05) is 11.9 Å². The topological polar surface area (TPSA) is 62.1 Å². The van der Waals surface area contributed by atoms with Crippen molar-refractivity contribution in [1.82, 2.24) is 0 Å². The van der Waals surface area contributed by atoms with E-state index in [1.807, 2.05) is 6.07 Å². The Hall–Kier alpha value is -1.86. The highest BCUT2D eigenvalue weighted by Crippen LogP contribution is 2.24. The molecule has 1 aliphatic carbocycles. The predicted molar refractivity (Wildman–Crippen MR) is 81.8 cm³/mol. The Bertz CT molecular complexity index is 499. The minimum absolute atomic E-state index is 0.143. The third-order valence-electron chi connectivity index (χ3n) is 3.96. The summed E-state index contributed by atoms with van der Waals surface area (Å²) in [5, 5.41) is 11.5. The van der Waals surface area contributed by atoms with Gasteiger partial charge >= 0.3 is 0 Å². The minimum atomic E-state index is -0.456. The molecule has 0 heterocycles. The van der Waals surface area contributed by atoms with E-state index in [2.05, 4.69) is 5.32 Å². The van der Waals surface area contributed by atoms with E-state index in [0.29, 0.717) is 23.8 Å². The first-order chi connectivity index (χ1) is 10.2. The number of hydrogen-bond donors (Lipinski definition) is 1. The van der Waals surface area contributed by atoms with Gasteiger partial charge in [0.15, 0.2) is 0 Å². The number of nitriles is 1. The molecule has 21 heavy (non-hydrogen) atoms. The van der Waals surface area contributed by atoms with E-state index in [-0.39, 0.29) is 5.91 Å². The maximum absolute atomic E-state index is 12.0. The number of benzene rings is 1. The molecule has 0 saturated heterocycles. The Morgan fingerprint density at radius 3 is 2.62 bits per heavy atom. The average molecular weight is 286 g/mol. The molecule has 1 aromatic carbocycles. The average Bonchev–Trinajstić information content (AvgIpc) is 2.54. The summed E-state index contributed by atoms with van der Waals surface area (Å²) < 4.78 is 5.70. The second-order valence-electron chi connectivity index (χ2n) is 5.66. The van der Waals surface area contributed by atoms with Crippen LogP contribution in [0.4, 0.5) is 5.69 Å². The molecule has 1 aromatic rings. The predicted octanol–water partition coefficient (Wildman–Crippen LogP) is 3.48. The lowest BCUT2D eigenvalue weighted by Gasteiger charge is -2.23. The van der Waals surface area contributed by atoms with Crippen molar-refractivity contribution < 1.29 is 9.53 Å². The van der Waals surface area contributed by atoms with Gasteiger partial charge < -0.3 is 10.1 Å². The maximum Gasteiger partial charge on any atom is 0.253 e. The number of nitrogens with one attached hydrogen (secondary N) is 1. The smallest absolute Gasteiger partial charge is 0.253 e. The molecule has 0 spiro atoms. The van der Waals surface area contributed by atoms with Gasteiger partial charge in [0.2, 0.25) is 0 Å².